The lowest BCUT2D eigenvalue weighted by molar-refractivity contribution is -0.129. The molecule has 0 aromatic carbocycles. The molecule has 2 fully saturated rings. The molecule has 34 heavy (non-hydrogen) atoms. The van der Waals surface area contributed by atoms with Crippen molar-refractivity contribution < 1.29 is 22.8 Å². The van der Waals surface area contributed by atoms with Crippen molar-refractivity contribution in [3.63, 3.8) is 0 Å². The van der Waals surface area contributed by atoms with Gasteiger partial charge in [0, 0.05) is 43.8 Å². The molecule has 186 valence electrons. The Bertz CT molecular complexity index is 918. The number of amides is 2. The lowest BCUT2D eigenvalue weighted by Crippen LogP contribution is -2.62. The smallest absolute Gasteiger partial charge is 0.352 e. The average Bonchev–Trinajstić information content (AvgIpc) is 2.82. The van der Waals surface area contributed by atoms with Gasteiger partial charge in [-0.15, -0.1) is 0 Å². The second-order valence-corrected chi connectivity index (χ2v) is 9.54. The van der Waals surface area contributed by atoms with Crippen molar-refractivity contribution in [1.82, 2.24) is 25.8 Å². The summed E-state index contributed by atoms with van der Waals surface area (Å²) >= 11 is 0. The highest BCUT2D eigenvalue weighted by atomic mass is 19.4. The molecule has 1 aromatic rings. The van der Waals surface area contributed by atoms with Crippen LogP contribution in [0, 0.1) is 11.8 Å². The van der Waals surface area contributed by atoms with Crippen molar-refractivity contribution in [2.75, 3.05) is 32.7 Å². The zero-order valence-corrected chi connectivity index (χ0v) is 19.3. The predicted molar refractivity (Wildman–Crippen MR) is 122 cm³/mol. The van der Waals surface area contributed by atoms with Crippen molar-refractivity contribution >= 4 is 17.4 Å². The number of piperidine rings is 2. The van der Waals surface area contributed by atoms with E-state index in [2.05, 4.69) is 33.5 Å². The third-order valence-corrected chi connectivity index (χ3v) is 7.10. The van der Waals surface area contributed by atoms with Crippen LogP contribution in [-0.2, 0) is 4.79 Å². The summed E-state index contributed by atoms with van der Waals surface area (Å²) in [6.45, 7) is 4.31. The third kappa shape index (κ3) is 6.15. The van der Waals surface area contributed by atoms with Gasteiger partial charge >= 0.3 is 6.18 Å². The number of nitrogens with one attached hydrogen (secondary N) is 3. The highest BCUT2D eigenvalue weighted by molar-refractivity contribution is 5.92. The van der Waals surface area contributed by atoms with Crippen LogP contribution in [0.2, 0.25) is 0 Å². The van der Waals surface area contributed by atoms with Crippen LogP contribution in [0.4, 0.5) is 13.2 Å². The van der Waals surface area contributed by atoms with E-state index in [1.54, 1.807) is 12.3 Å². The molecule has 0 spiro atoms. The first kappa shape index (κ1) is 24.7. The standard InChI is InChI=1S/C24H32F3N5O2/c1-2-16-10-20-21(31-22(16)33)9-15(11-28-20)13-32-7-5-17(6-8-32)18-3-4-19(29-12-18)23(34)30-14-24(25,26)27/h3-5,12,15-16,20-21,28H,2,6-11,13-14H2,1H3,(H,30,34)(H,31,33). The maximum atomic E-state index is 12.3. The van der Waals surface area contributed by atoms with Crippen LogP contribution < -0.4 is 16.0 Å². The molecule has 2 amide bonds. The fourth-order valence-electron chi connectivity index (χ4n) is 5.17. The minimum absolute atomic E-state index is 0.0331. The van der Waals surface area contributed by atoms with Crippen molar-refractivity contribution in [3.8, 4) is 0 Å². The Morgan fingerprint density at radius 3 is 2.74 bits per heavy atom. The van der Waals surface area contributed by atoms with Crippen LogP contribution in [-0.4, -0.2) is 72.7 Å². The van der Waals surface area contributed by atoms with E-state index >= 15 is 0 Å². The number of rotatable bonds is 6. The van der Waals surface area contributed by atoms with Gasteiger partial charge in [-0.05, 0) is 55.3 Å². The highest BCUT2D eigenvalue weighted by Crippen LogP contribution is 2.28. The highest BCUT2D eigenvalue weighted by Gasteiger charge is 2.38. The molecule has 4 rings (SSSR count). The molecule has 3 N–H and O–H groups in total. The Kier molecular flexibility index (Phi) is 7.57. The summed E-state index contributed by atoms with van der Waals surface area (Å²) in [4.78, 5) is 30.5. The normalized spacial score (nSPS) is 28.0. The number of hydrogen-bond acceptors (Lipinski definition) is 5. The molecule has 2 saturated heterocycles. The van der Waals surface area contributed by atoms with Crippen molar-refractivity contribution in [1.29, 1.82) is 0 Å². The molecule has 4 unspecified atom stereocenters. The largest absolute Gasteiger partial charge is 0.405 e. The van der Waals surface area contributed by atoms with E-state index in [9.17, 15) is 22.8 Å². The number of fused-ring (bicyclic) bond motifs is 1. The van der Waals surface area contributed by atoms with Crippen LogP contribution in [0.25, 0.3) is 5.57 Å². The van der Waals surface area contributed by atoms with E-state index in [0.717, 1.165) is 63.0 Å². The van der Waals surface area contributed by atoms with E-state index in [1.807, 2.05) is 5.32 Å². The number of carbonyl (C=O) groups is 2. The van der Waals surface area contributed by atoms with E-state index in [4.69, 9.17) is 0 Å². The van der Waals surface area contributed by atoms with E-state index in [0.29, 0.717) is 12.0 Å². The fourth-order valence-corrected chi connectivity index (χ4v) is 5.17. The van der Waals surface area contributed by atoms with E-state index < -0.39 is 18.6 Å². The van der Waals surface area contributed by atoms with Crippen molar-refractivity contribution in [2.24, 2.45) is 11.8 Å². The Balaban J connectivity index is 1.26. The molecule has 0 aliphatic carbocycles. The minimum Gasteiger partial charge on any atom is -0.352 e. The summed E-state index contributed by atoms with van der Waals surface area (Å²) in [7, 11) is 0. The Morgan fingerprint density at radius 1 is 1.26 bits per heavy atom. The summed E-state index contributed by atoms with van der Waals surface area (Å²) in [6.07, 6.45) is 2.88. The summed E-state index contributed by atoms with van der Waals surface area (Å²) in [6, 6.07) is 3.78. The van der Waals surface area contributed by atoms with Gasteiger partial charge < -0.3 is 16.0 Å². The second kappa shape index (κ2) is 10.4. The van der Waals surface area contributed by atoms with Crippen LogP contribution in [0.1, 0.15) is 48.7 Å². The van der Waals surface area contributed by atoms with E-state index in [-0.39, 0.29) is 23.6 Å². The van der Waals surface area contributed by atoms with Crippen LogP contribution in [0.3, 0.4) is 0 Å². The number of nitrogens with zero attached hydrogens (tertiary/aromatic N) is 2. The van der Waals surface area contributed by atoms with Gasteiger partial charge in [-0.3, -0.25) is 19.5 Å². The Hall–Kier alpha value is -2.46. The van der Waals surface area contributed by atoms with Gasteiger partial charge in [0.15, 0.2) is 0 Å². The zero-order chi connectivity index (χ0) is 24.3. The van der Waals surface area contributed by atoms with Gasteiger partial charge in [0.25, 0.3) is 5.91 Å². The lowest BCUT2D eigenvalue weighted by atomic mass is 9.80. The van der Waals surface area contributed by atoms with Gasteiger partial charge in [-0.25, -0.2) is 0 Å². The molecular formula is C24H32F3N5O2. The van der Waals surface area contributed by atoms with Crippen LogP contribution in [0.15, 0.2) is 24.4 Å². The number of halogens is 3. The predicted octanol–water partition coefficient (Wildman–Crippen LogP) is 2.36. The van der Waals surface area contributed by atoms with Crippen molar-refractivity contribution in [3.05, 3.63) is 35.7 Å². The first-order valence-electron chi connectivity index (χ1n) is 12.0. The quantitative estimate of drug-likeness (QED) is 0.583. The van der Waals surface area contributed by atoms with Gasteiger partial charge in [0.05, 0.1) is 0 Å². The third-order valence-electron chi connectivity index (χ3n) is 7.10. The van der Waals surface area contributed by atoms with Gasteiger partial charge in [-0.1, -0.05) is 19.1 Å². The fraction of sp³-hybridized carbons (Fsp3) is 0.625. The molecular weight excluding hydrogens is 447 g/mol. The number of carbonyl (C=O) groups excluding carboxylic acids is 2. The molecule has 0 bridgehead atoms. The summed E-state index contributed by atoms with van der Waals surface area (Å²) in [5.74, 6) is -0.0517. The van der Waals surface area contributed by atoms with Crippen molar-refractivity contribution in [2.45, 2.75) is 50.9 Å². The summed E-state index contributed by atoms with van der Waals surface area (Å²) in [5, 5.41) is 8.70. The molecule has 3 aliphatic rings. The van der Waals surface area contributed by atoms with Gasteiger partial charge in [-0.2, -0.15) is 13.2 Å². The van der Waals surface area contributed by atoms with Gasteiger partial charge in [0.1, 0.15) is 12.2 Å². The Labute approximate surface area is 197 Å². The molecule has 10 heteroatoms. The second-order valence-electron chi connectivity index (χ2n) is 9.54. The molecule has 7 nitrogen and oxygen atoms in total. The zero-order valence-electron chi connectivity index (χ0n) is 19.3. The Morgan fingerprint density at radius 2 is 2.09 bits per heavy atom. The van der Waals surface area contributed by atoms with E-state index in [1.165, 1.54) is 6.07 Å². The number of aromatic nitrogens is 1. The van der Waals surface area contributed by atoms with Crippen LogP contribution in [0.5, 0.6) is 0 Å². The first-order chi connectivity index (χ1) is 16.2. The maximum Gasteiger partial charge on any atom is 0.405 e. The lowest BCUT2D eigenvalue weighted by Gasteiger charge is -2.44. The monoisotopic (exact) mass is 479 g/mol. The molecule has 3 aliphatic heterocycles. The first-order valence-corrected chi connectivity index (χ1v) is 12.0. The topological polar surface area (TPSA) is 86.4 Å². The molecule has 1 aromatic heterocycles. The minimum atomic E-state index is -4.45. The average molecular weight is 480 g/mol. The number of alkyl halides is 3. The summed E-state index contributed by atoms with van der Waals surface area (Å²) < 4.78 is 36.8. The number of hydrogen-bond donors (Lipinski definition) is 3. The molecule has 0 radical (unpaired) electrons. The summed E-state index contributed by atoms with van der Waals surface area (Å²) in [5.41, 5.74) is 1.97. The maximum absolute atomic E-state index is 12.3. The molecule has 0 saturated carbocycles. The SMILES string of the molecule is CCC1CC2NCC(CN3CC=C(c4ccc(C(=O)NCC(F)(F)F)nc4)CC3)CC2NC1=O. The molecule has 4 atom stereocenters. The van der Waals surface area contributed by atoms with Crippen LogP contribution >= 0.6 is 0 Å². The van der Waals surface area contributed by atoms with Gasteiger partial charge in [0.2, 0.25) is 5.91 Å². The number of pyridine rings is 1. The molecule has 4 heterocycles.